The highest BCUT2D eigenvalue weighted by atomic mass is 35.5. The summed E-state index contributed by atoms with van der Waals surface area (Å²) >= 11 is 5.82. The van der Waals surface area contributed by atoms with Crippen molar-refractivity contribution in [3.05, 3.63) is 68.7 Å². The zero-order chi connectivity index (χ0) is 15.4. The van der Waals surface area contributed by atoms with E-state index in [1.54, 1.807) is 12.1 Å². The third-order valence-electron chi connectivity index (χ3n) is 3.03. The van der Waals surface area contributed by atoms with Crippen LogP contribution in [0.2, 0.25) is 5.02 Å². The number of amides is 1. The summed E-state index contributed by atoms with van der Waals surface area (Å²) in [4.78, 5) is 22.5. The van der Waals surface area contributed by atoms with E-state index in [1.807, 2.05) is 19.1 Å². The Morgan fingerprint density at radius 3 is 2.48 bits per heavy atom. The van der Waals surface area contributed by atoms with E-state index in [0.29, 0.717) is 10.6 Å². The van der Waals surface area contributed by atoms with Crippen LogP contribution in [0, 0.1) is 10.1 Å². The molecule has 0 spiro atoms. The second kappa shape index (κ2) is 6.37. The average Bonchev–Trinajstić information content (AvgIpc) is 2.47. The number of nitro benzene ring substituents is 1. The van der Waals surface area contributed by atoms with E-state index >= 15 is 0 Å². The quantitative estimate of drug-likeness (QED) is 0.683. The molecule has 1 N–H and O–H groups in total. The van der Waals surface area contributed by atoms with E-state index < -0.39 is 10.8 Å². The Bertz CT molecular complexity index is 684. The Morgan fingerprint density at radius 1 is 1.24 bits per heavy atom. The molecule has 0 heterocycles. The van der Waals surface area contributed by atoms with Crippen molar-refractivity contribution in [1.82, 2.24) is 0 Å². The summed E-state index contributed by atoms with van der Waals surface area (Å²) in [6, 6.07) is 11.1. The zero-order valence-electron chi connectivity index (χ0n) is 11.3. The minimum Gasteiger partial charge on any atom is -0.316 e. The Kier molecular flexibility index (Phi) is 4.55. The van der Waals surface area contributed by atoms with E-state index in [2.05, 4.69) is 5.32 Å². The molecule has 0 aliphatic carbocycles. The second-order valence-corrected chi connectivity index (χ2v) is 4.86. The van der Waals surface area contributed by atoms with Crippen LogP contribution in [0.25, 0.3) is 0 Å². The summed E-state index contributed by atoms with van der Waals surface area (Å²) in [5.41, 5.74) is 1.43. The fourth-order valence-corrected chi connectivity index (χ4v) is 2.03. The lowest BCUT2D eigenvalue weighted by Crippen LogP contribution is -2.13. The normalized spacial score (nSPS) is 10.2. The summed E-state index contributed by atoms with van der Waals surface area (Å²) in [5.74, 6) is -0.414. The molecule has 0 unspecified atom stereocenters. The van der Waals surface area contributed by atoms with Crippen LogP contribution >= 0.6 is 11.6 Å². The molecule has 2 aromatic rings. The Hall–Kier alpha value is -2.40. The lowest BCUT2D eigenvalue weighted by Gasteiger charge is -2.07. The number of hydrogen-bond donors (Lipinski definition) is 1. The molecule has 0 fully saturated rings. The monoisotopic (exact) mass is 304 g/mol. The van der Waals surface area contributed by atoms with Crippen LogP contribution < -0.4 is 5.32 Å². The highest BCUT2D eigenvalue weighted by Crippen LogP contribution is 2.28. The molecule has 0 aliphatic heterocycles. The third-order valence-corrected chi connectivity index (χ3v) is 3.26. The molecule has 0 aromatic heterocycles. The van der Waals surface area contributed by atoms with E-state index in [0.717, 1.165) is 12.0 Å². The lowest BCUT2D eigenvalue weighted by molar-refractivity contribution is -0.383. The number of benzene rings is 2. The lowest BCUT2D eigenvalue weighted by atomic mass is 10.1. The molecular weight excluding hydrogens is 292 g/mol. The van der Waals surface area contributed by atoms with Crippen molar-refractivity contribution in [3.63, 3.8) is 0 Å². The molecule has 6 heteroatoms. The molecule has 2 aromatic carbocycles. The second-order valence-electron chi connectivity index (χ2n) is 4.42. The van der Waals surface area contributed by atoms with Crippen LogP contribution in [0.3, 0.4) is 0 Å². The van der Waals surface area contributed by atoms with Gasteiger partial charge in [0.2, 0.25) is 0 Å². The molecular formula is C15H13ClN2O3. The summed E-state index contributed by atoms with van der Waals surface area (Å²) in [5, 5.41) is 13.8. The van der Waals surface area contributed by atoms with Crippen molar-refractivity contribution >= 4 is 28.9 Å². The fraction of sp³-hybridized carbons (Fsp3) is 0.133. The van der Waals surface area contributed by atoms with Crippen molar-refractivity contribution in [1.29, 1.82) is 0 Å². The fourth-order valence-electron chi connectivity index (χ4n) is 1.85. The molecule has 0 saturated heterocycles. The van der Waals surface area contributed by atoms with E-state index in [4.69, 9.17) is 11.6 Å². The Balaban J connectivity index is 2.26. The Labute approximate surface area is 126 Å². The maximum absolute atomic E-state index is 12.1. The number of rotatable bonds is 4. The zero-order valence-corrected chi connectivity index (χ0v) is 12.1. The van der Waals surface area contributed by atoms with Crippen LogP contribution in [0.15, 0.2) is 42.5 Å². The van der Waals surface area contributed by atoms with Gasteiger partial charge < -0.3 is 5.32 Å². The first kappa shape index (κ1) is 15.0. The van der Waals surface area contributed by atoms with Gasteiger partial charge in [0.05, 0.1) is 4.92 Å². The average molecular weight is 305 g/mol. The number of nitrogens with one attached hydrogen (secondary N) is 1. The van der Waals surface area contributed by atoms with E-state index in [1.165, 1.54) is 18.2 Å². The van der Waals surface area contributed by atoms with E-state index in [9.17, 15) is 14.9 Å². The number of nitro groups is 1. The molecule has 0 saturated carbocycles. The van der Waals surface area contributed by atoms with Gasteiger partial charge in [-0.15, -0.1) is 0 Å². The van der Waals surface area contributed by atoms with Crippen molar-refractivity contribution in [2.75, 3.05) is 5.32 Å². The molecule has 2 rings (SSSR count). The van der Waals surface area contributed by atoms with Gasteiger partial charge in [0, 0.05) is 16.7 Å². The van der Waals surface area contributed by atoms with Gasteiger partial charge in [0.25, 0.3) is 11.6 Å². The first-order valence-electron chi connectivity index (χ1n) is 6.35. The predicted octanol–water partition coefficient (Wildman–Crippen LogP) is 4.06. The van der Waals surface area contributed by atoms with Crippen molar-refractivity contribution in [2.45, 2.75) is 13.3 Å². The molecule has 21 heavy (non-hydrogen) atoms. The molecule has 1 amide bonds. The minimum atomic E-state index is -0.563. The van der Waals surface area contributed by atoms with Crippen LogP contribution in [0.1, 0.15) is 22.8 Å². The van der Waals surface area contributed by atoms with E-state index in [-0.39, 0.29) is 11.4 Å². The van der Waals surface area contributed by atoms with Gasteiger partial charge in [-0.2, -0.15) is 0 Å². The van der Waals surface area contributed by atoms with Crippen molar-refractivity contribution in [3.8, 4) is 0 Å². The van der Waals surface area contributed by atoms with Crippen LogP contribution in [0.5, 0.6) is 0 Å². The predicted molar refractivity (Wildman–Crippen MR) is 81.9 cm³/mol. The summed E-state index contributed by atoms with van der Waals surface area (Å²) in [6.45, 7) is 2.02. The molecule has 0 aliphatic rings. The van der Waals surface area contributed by atoms with Gasteiger partial charge >= 0.3 is 0 Å². The van der Waals surface area contributed by atoms with Gasteiger partial charge in [-0.3, -0.25) is 14.9 Å². The number of aryl methyl sites for hydroxylation is 1. The first-order chi connectivity index (χ1) is 10.0. The molecule has 0 radical (unpaired) electrons. The number of hydrogen-bond acceptors (Lipinski definition) is 3. The van der Waals surface area contributed by atoms with Gasteiger partial charge in [-0.1, -0.05) is 30.7 Å². The first-order valence-corrected chi connectivity index (χ1v) is 6.73. The molecule has 0 bridgehead atoms. The summed E-state index contributed by atoms with van der Waals surface area (Å²) < 4.78 is 0. The highest BCUT2D eigenvalue weighted by Gasteiger charge is 2.17. The van der Waals surface area contributed by atoms with Crippen molar-refractivity contribution in [2.24, 2.45) is 0 Å². The number of carbonyl (C=O) groups is 1. The standard InChI is InChI=1S/C15H13ClN2O3/c1-2-10-3-5-11(6-4-10)15(19)17-13-9-12(16)7-8-14(13)18(20)21/h3-9H,2H2,1H3,(H,17,19). The number of nitrogens with zero attached hydrogens (tertiary/aromatic N) is 1. The SMILES string of the molecule is CCc1ccc(C(=O)Nc2cc(Cl)ccc2[N+](=O)[O-])cc1. The maximum atomic E-state index is 12.1. The van der Waals surface area contributed by atoms with Gasteiger partial charge in [0.15, 0.2) is 0 Å². The summed E-state index contributed by atoms with van der Waals surface area (Å²) in [6.07, 6.45) is 0.877. The largest absolute Gasteiger partial charge is 0.316 e. The van der Waals surface area contributed by atoms with Gasteiger partial charge in [-0.05, 0) is 36.2 Å². The summed E-state index contributed by atoms with van der Waals surface area (Å²) in [7, 11) is 0. The highest BCUT2D eigenvalue weighted by molar-refractivity contribution is 6.31. The third kappa shape index (κ3) is 3.58. The minimum absolute atomic E-state index is 0.0806. The van der Waals surface area contributed by atoms with Crippen molar-refractivity contribution < 1.29 is 9.72 Å². The van der Waals surface area contributed by atoms with Gasteiger partial charge in [-0.25, -0.2) is 0 Å². The number of halogens is 1. The molecule has 108 valence electrons. The van der Waals surface area contributed by atoms with Gasteiger partial charge in [0.1, 0.15) is 5.69 Å². The van der Waals surface area contributed by atoms with Crippen LogP contribution in [-0.2, 0) is 6.42 Å². The van der Waals surface area contributed by atoms with Crippen LogP contribution in [0.4, 0.5) is 11.4 Å². The maximum Gasteiger partial charge on any atom is 0.292 e. The smallest absolute Gasteiger partial charge is 0.292 e. The Morgan fingerprint density at radius 2 is 1.90 bits per heavy atom. The van der Waals surface area contributed by atoms with Crippen LogP contribution in [-0.4, -0.2) is 10.8 Å². The number of anilines is 1. The molecule has 5 nitrogen and oxygen atoms in total. The molecule has 0 atom stereocenters. The topological polar surface area (TPSA) is 72.2 Å². The number of carbonyl (C=O) groups excluding carboxylic acids is 1.